The molecule has 2 aromatic rings. The maximum absolute atomic E-state index is 12.8. The number of hydrogen-bond acceptors (Lipinski definition) is 3. The molecule has 0 saturated heterocycles. The first-order chi connectivity index (χ1) is 10.4. The molecule has 7 heteroatoms. The standard InChI is InChI=1S/C15H16F3NO3/c1-2-22-14(21)13-11(4-3-7-20)10-6-5-9(15(16,17)18)8-12(10)19-13/h5-6,8,19-20H,2-4,7H2,1H3. The van der Waals surface area contributed by atoms with Gasteiger partial charge in [-0.2, -0.15) is 13.2 Å². The van der Waals surface area contributed by atoms with E-state index in [2.05, 4.69) is 4.98 Å². The molecule has 1 aromatic carbocycles. The average molecular weight is 315 g/mol. The summed E-state index contributed by atoms with van der Waals surface area (Å²) in [5, 5.41) is 9.48. The van der Waals surface area contributed by atoms with E-state index in [0.29, 0.717) is 23.8 Å². The summed E-state index contributed by atoms with van der Waals surface area (Å²) < 4.78 is 43.2. The SMILES string of the molecule is CCOC(=O)c1[nH]c2cc(C(F)(F)F)ccc2c1CCCO. The summed E-state index contributed by atoms with van der Waals surface area (Å²) in [7, 11) is 0. The highest BCUT2D eigenvalue weighted by Gasteiger charge is 2.31. The molecule has 0 saturated carbocycles. The van der Waals surface area contributed by atoms with Crippen LogP contribution in [0.5, 0.6) is 0 Å². The molecular weight excluding hydrogens is 299 g/mol. The molecule has 2 rings (SSSR count). The minimum atomic E-state index is -4.45. The van der Waals surface area contributed by atoms with E-state index >= 15 is 0 Å². The highest BCUT2D eigenvalue weighted by Crippen LogP contribution is 2.33. The van der Waals surface area contributed by atoms with Crippen molar-refractivity contribution in [2.24, 2.45) is 0 Å². The average Bonchev–Trinajstić information content (AvgIpc) is 2.82. The molecule has 0 atom stereocenters. The van der Waals surface area contributed by atoms with E-state index < -0.39 is 17.7 Å². The summed E-state index contributed by atoms with van der Waals surface area (Å²) in [4.78, 5) is 14.7. The van der Waals surface area contributed by atoms with Gasteiger partial charge in [-0.05, 0) is 37.5 Å². The number of ether oxygens (including phenoxy) is 1. The molecule has 0 bridgehead atoms. The van der Waals surface area contributed by atoms with E-state index in [9.17, 15) is 18.0 Å². The zero-order chi connectivity index (χ0) is 16.3. The lowest BCUT2D eigenvalue weighted by atomic mass is 10.0. The minimum absolute atomic E-state index is 0.0738. The van der Waals surface area contributed by atoms with Gasteiger partial charge in [-0.3, -0.25) is 0 Å². The van der Waals surface area contributed by atoms with Gasteiger partial charge in [0.2, 0.25) is 0 Å². The van der Waals surface area contributed by atoms with E-state index in [4.69, 9.17) is 9.84 Å². The van der Waals surface area contributed by atoms with Crippen molar-refractivity contribution < 1.29 is 27.8 Å². The summed E-state index contributed by atoms with van der Waals surface area (Å²) in [6.45, 7) is 1.74. The number of esters is 1. The van der Waals surface area contributed by atoms with Crippen molar-refractivity contribution in [3.05, 3.63) is 35.0 Å². The number of aryl methyl sites for hydroxylation is 1. The number of rotatable bonds is 5. The molecule has 1 aromatic heterocycles. The van der Waals surface area contributed by atoms with Crippen molar-refractivity contribution >= 4 is 16.9 Å². The number of fused-ring (bicyclic) bond motifs is 1. The lowest BCUT2D eigenvalue weighted by molar-refractivity contribution is -0.137. The largest absolute Gasteiger partial charge is 0.461 e. The van der Waals surface area contributed by atoms with Crippen molar-refractivity contribution in [1.82, 2.24) is 4.98 Å². The topological polar surface area (TPSA) is 62.3 Å². The number of alkyl halides is 3. The van der Waals surface area contributed by atoms with Gasteiger partial charge in [0, 0.05) is 17.5 Å². The Balaban J connectivity index is 2.54. The molecular formula is C15H16F3NO3. The van der Waals surface area contributed by atoms with E-state index in [1.165, 1.54) is 6.07 Å². The Morgan fingerprint density at radius 2 is 2.09 bits per heavy atom. The van der Waals surface area contributed by atoms with Gasteiger partial charge in [-0.25, -0.2) is 4.79 Å². The van der Waals surface area contributed by atoms with Gasteiger partial charge < -0.3 is 14.8 Å². The molecule has 0 amide bonds. The van der Waals surface area contributed by atoms with Crippen LogP contribution in [-0.2, 0) is 17.3 Å². The van der Waals surface area contributed by atoms with Gasteiger partial charge in [0.05, 0.1) is 12.2 Å². The first kappa shape index (κ1) is 16.4. The van der Waals surface area contributed by atoms with Gasteiger partial charge in [0.1, 0.15) is 5.69 Å². The zero-order valence-electron chi connectivity index (χ0n) is 12.0. The summed E-state index contributed by atoms with van der Waals surface area (Å²) in [5.74, 6) is -0.611. The number of hydrogen-bond donors (Lipinski definition) is 2. The smallest absolute Gasteiger partial charge is 0.416 e. The van der Waals surface area contributed by atoms with Gasteiger partial charge in [-0.1, -0.05) is 6.07 Å². The number of carbonyl (C=O) groups excluding carboxylic acids is 1. The third-order valence-corrected chi connectivity index (χ3v) is 3.30. The van der Waals surface area contributed by atoms with Crippen LogP contribution in [-0.4, -0.2) is 29.3 Å². The number of aromatic nitrogens is 1. The lowest BCUT2D eigenvalue weighted by Crippen LogP contribution is -2.08. The first-order valence-corrected chi connectivity index (χ1v) is 6.88. The van der Waals surface area contributed by atoms with Crippen LogP contribution in [0.2, 0.25) is 0 Å². The van der Waals surface area contributed by atoms with E-state index in [0.717, 1.165) is 12.1 Å². The highest BCUT2D eigenvalue weighted by molar-refractivity contribution is 5.98. The molecule has 0 unspecified atom stereocenters. The van der Waals surface area contributed by atoms with Crippen LogP contribution in [0, 0.1) is 0 Å². The van der Waals surface area contributed by atoms with Crippen molar-refractivity contribution in [2.45, 2.75) is 25.9 Å². The Kier molecular flexibility index (Phi) is 4.75. The summed E-state index contributed by atoms with van der Waals surface area (Å²) in [6, 6.07) is 3.29. The van der Waals surface area contributed by atoms with Crippen molar-refractivity contribution in [2.75, 3.05) is 13.2 Å². The normalized spacial score (nSPS) is 11.9. The molecule has 0 aliphatic heterocycles. The third-order valence-electron chi connectivity index (χ3n) is 3.30. The fourth-order valence-electron chi connectivity index (χ4n) is 2.32. The minimum Gasteiger partial charge on any atom is -0.461 e. The zero-order valence-corrected chi connectivity index (χ0v) is 12.0. The number of aliphatic hydroxyl groups excluding tert-OH is 1. The number of carbonyl (C=O) groups is 1. The van der Waals surface area contributed by atoms with Crippen LogP contribution < -0.4 is 0 Å². The van der Waals surface area contributed by atoms with Gasteiger partial charge in [0.15, 0.2) is 0 Å². The second-order valence-corrected chi connectivity index (χ2v) is 4.78. The van der Waals surface area contributed by atoms with Crippen LogP contribution >= 0.6 is 0 Å². The molecule has 0 spiro atoms. The molecule has 0 radical (unpaired) electrons. The molecule has 1 heterocycles. The number of aliphatic hydroxyl groups is 1. The second-order valence-electron chi connectivity index (χ2n) is 4.78. The molecule has 0 aliphatic carbocycles. The van der Waals surface area contributed by atoms with Gasteiger partial charge in [0.25, 0.3) is 0 Å². The number of benzene rings is 1. The Hall–Kier alpha value is -2.02. The number of halogens is 3. The maximum Gasteiger partial charge on any atom is 0.416 e. The van der Waals surface area contributed by atoms with E-state index in [-0.39, 0.29) is 24.4 Å². The quantitative estimate of drug-likeness (QED) is 0.832. The van der Waals surface area contributed by atoms with Crippen LogP contribution in [0.4, 0.5) is 13.2 Å². The van der Waals surface area contributed by atoms with Crippen LogP contribution in [0.15, 0.2) is 18.2 Å². The Bertz CT molecular complexity index is 676. The predicted molar refractivity (Wildman–Crippen MR) is 74.7 cm³/mol. The predicted octanol–water partition coefficient (Wildman–Crippen LogP) is 3.29. The van der Waals surface area contributed by atoms with Crippen molar-refractivity contribution in [1.29, 1.82) is 0 Å². The molecule has 22 heavy (non-hydrogen) atoms. The van der Waals surface area contributed by atoms with Crippen LogP contribution in [0.3, 0.4) is 0 Å². The maximum atomic E-state index is 12.8. The summed E-state index contributed by atoms with van der Waals surface area (Å²) in [6.07, 6.45) is -3.68. The Morgan fingerprint density at radius 1 is 1.36 bits per heavy atom. The van der Waals surface area contributed by atoms with Crippen molar-refractivity contribution in [3.63, 3.8) is 0 Å². The molecule has 0 fully saturated rings. The summed E-state index contributed by atoms with van der Waals surface area (Å²) >= 11 is 0. The number of nitrogens with one attached hydrogen (secondary N) is 1. The van der Waals surface area contributed by atoms with E-state index in [1.54, 1.807) is 6.92 Å². The second kappa shape index (κ2) is 6.39. The van der Waals surface area contributed by atoms with Crippen molar-refractivity contribution in [3.8, 4) is 0 Å². The molecule has 120 valence electrons. The van der Waals surface area contributed by atoms with Gasteiger partial charge >= 0.3 is 12.1 Å². The van der Waals surface area contributed by atoms with Gasteiger partial charge in [-0.15, -0.1) is 0 Å². The molecule has 0 aliphatic rings. The molecule has 4 nitrogen and oxygen atoms in total. The number of H-pyrrole nitrogens is 1. The molecule has 2 N–H and O–H groups in total. The first-order valence-electron chi connectivity index (χ1n) is 6.88. The van der Waals surface area contributed by atoms with Crippen LogP contribution in [0.25, 0.3) is 10.9 Å². The summed E-state index contributed by atoms with van der Waals surface area (Å²) in [5.41, 5.74) is 0.150. The fraction of sp³-hybridized carbons (Fsp3) is 0.400. The highest BCUT2D eigenvalue weighted by atomic mass is 19.4. The Labute approximate surface area is 124 Å². The van der Waals surface area contributed by atoms with E-state index in [1.807, 2.05) is 0 Å². The monoisotopic (exact) mass is 315 g/mol. The van der Waals surface area contributed by atoms with Crippen LogP contribution in [0.1, 0.15) is 35.0 Å². The lowest BCUT2D eigenvalue weighted by Gasteiger charge is -2.06. The fourth-order valence-corrected chi connectivity index (χ4v) is 2.32. The Morgan fingerprint density at radius 3 is 2.68 bits per heavy atom. The number of aromatic amines is 1. The third kappa shape index (κ3) is 3.24.